The van der Waals surface area contributed by atoms with Crippen LogP contribution in [0.1, 0.15) is 23.6 Å². The van der Waals surface area contributed by atoms with Gasteiger partial charge in [-0.1, -0.05) is 164 Å². The Kier molecular flexibility index (Phi) is 9.56. The first kappa shape index (κ1) is 37.7. The Hall–Kier alpha value is -8.27. The fourth-order valence-corrected chi connectivity index (χ4v) is 8.98. The maximum absolute atomic E-state index is 6.52. The van der Waals surface area contributed by atoms with Crippen LogP contribution in [0.2, 0.25) is 0 Å². The second-order valence-electron chi connectivity index (χ2n) is 16.1. The van der Waals surface area contributed by atoms with Gasteiger partial charge in [0.05, 0.1) is 16.7 Å². The molecule has 0 aliphatic heterocycles. The standard InChI is InChI=1S/C60H42N2O/c1-40(35-55(43-19-8-4-9-20-43)61-41(2)42-17-6-3-7-18-42)44-21-14-24-49(36-44)51-28-16-30-59-60(51)54-39-48(32-34-58(54)63-59)46-23-15-22-45(37-46)47-31-33-57-53(38-47)52-27-12-13-29-56(52)62(57)50-25-10-5-11-26-50/h3-39H,1H2,2H3/b55-35-,61-41?. The van der Waals surface area contributed by atoms with Crippen molar-refractivity contribution in [1.82, 2.24) is 4.57 Å². The Labute approximate surface area is 366 Å². The number of para-hydroxylation sites is 2. The van der Waals surface area contributed by atoms with Crippen molar-refractivity contribution in [2.45, 2.75) is 6.92 Å². The normalized spacial score (nSPS) is 12.1. The highest BCUT2D eigenvalue weighted by molar-refractivity contribution is 6.14. The second-order valence-corrected chi connectivity index (χ2v) is 16.1. The van der Waals surface area contributed by atoms with Crippen molar-refractivity contribution >= 4 is 60.7 Å². The highest BCUT2D eigenvalue weighted by Gasteiger charge is 2.16. The van der Waals surface area contributed by atoms with E-state index in [1.54, 1.807) is 0 Å². The molecule has 11 rings (SSSR count). The van der Waals surface area contributed by atoms with Gasteiger partial charge >= 0.3 is 0 Å². The number of aromatic nitrogens is 1. The van der Waals surface area contributed by atoms with Crippen molar-refractivity contribution in [3.05, 3.63) is 248 Å². The monoisotopic (exact) mass is 806 g/mol. The van der Waals surface area contributed by atoms with Gasteiger partial charge < -0.3 is 8.98 Å². The SMILES string of the molecule is C=C(/C=C(\N=C(C)c1ccccc1)c1ccccc1)c1cccc(-c2cccc3oc4ccc(-c5cccc(-c6ccc7c(c6)c6ccccc6n7-c6ccccc6)c5)cc4c23)c1. The summed E-state index contributed by atoms with van der Waals surface area (Å²) in [4.78, 5) is 5.12. The van der Waals surface area contributed by atoms with Crippen LogP contribution in [-0.4, -0.2) is 10.3 Å². The molecule has 0 aliphatic carbocycles. The van der Waals surface area contributed by atoms with Crippen molar-refractivity contribution in [2.24, 2.45) is 4.99 Å². The minimum Gasteiger partial charge on any atom is -0.456 e. The topological polar surface area (TPSA) is 30.4 Å². The predicted octanol–water partition coefficient (Wildman–Crippen LogP) is 16.2. The van der Waals surface area contributed by atoms with Gasteiger partial charge in [0.15, 0.2) is 0 Å². The van der Waals surface area contributed by atoms with E-state index in [1.807, 2.05) is 36.4 Å². The number of allylic oxidation sites excluding steroid dienone is 2. The third kappa shape index (κ3) is 7.06. The Morgan fingerprint density at radius 1 is 0.460 bits per heavy atom. The molecule has 0 aliphatic rings. The van der Waals surface area contributed by atoms with Gasteiger partial charge in [0.25, 0.3) is 0 Å². The summed E-state index contributed by atoms with van der Waals surface area (Å²) < 4.78 is 8.88. The van der Waals surface area contributed by atoms with Gasteiger partial charge in [-0.25, -0.2) is 0 Å². The average molecular weight is 807 g/mol. The molecular weight excluding hydrogens is 765 g/mol. The zero-order valence-corrected chi connectivity index (χ0v) is 34.9. The van der Waals surface area contributed by atoms with E-state index in [0.717, 1.165) is 83.6 Å². The number of hydrogen-bond acceptors (Lipinski definition) is 2. The van der Waals surface area contributed by atoms with Crippen molar-refractivity contribution in [2.75, 3.05) is 0 Å². The molecule has 0 fully saturated rings. The summed E-state index contributed by atoms with van der Waals surface area (Å²) in [5.41, 5.74) is 18.0. The zero-order chi connectivity index (χ0) is 42.3. The molecule has 3 nitrogen and oxygen atoms in total. The number of benzene rings is 9. The van der Waals surface area contributed by atoms with E-state index in [0.29, 0.717) is 0 Å². The first-order valence-electron chi connectivity index (χ1n) is 21.4. The highest BCUT2D eigenvalue weighted by atomic mass is 16.3. The molecule has 0 atom stereocenters. The van der Waals surface area contributed by atoms with Crippen LogP contribution in [0.25, 0.3) is 94.1 Å². The fraction of sp³-hybridized carbons (Fsp3) is 0.0167. The van der Waals surface area contributed by atoms with E-state index in [-0.39, 0.29) is 0 Å². The molecule has 0 radical (unpaired) electrons. The summed E-state index contributed by atoms with van der Waals surface area (Å²) in [6.45, 7) is 6.61. The van der Waals surface area contributed by atoms with Crippen LogP contribution in [0.3, 0.4) is 0 Å². The lowest BCUT2D eigenvalue weighted by atomic mass is 9.94. The average Bonchev–Trinajstić information content (AvgIpc) is 3.90. The molecule has 0 saturated carbocycles. The second kappa shape index (κ2) is 16.0. The molecule has 0 unspecified atom stereocenters. The van der Waals surface area contributed by atoms with Crippen molar-refractivity contribution in [1.29, 1.82) is 0 Å². The van der Waals surface area contributed by atoms with Crippen LogP contribution in [-0.2, 0) is 0 Å². The molecule has 298 valence electrons. The summed E-state index contributed by atoms with van der Waals surface area (Å²) in [6, 6.07) is 77.2. The summed E-state index contributed by atoms with van der Waals surface area (Å²) in [5, 5.41) is 4.66. The molecule has 63 heavy (non-hydrogen) atoms. The summed E-state index contributed by atoms with van der Waals surface area (Å²) in [6.07, 6.45) is 2.09. The van der Waals surface area contributed by atoms with Crippen LogP contribution in [0.5, 0.6) is 0 Å². The van der Waals surface area contributed by atoms with E-state index in [4.69, 9.17) is 9.41 Å². The van der Waals surface area contributed by atoms with Crippen molar-refractivity contribution in [3.63, 3.8) is 0 Å². The van der Waals surface area contributed by atoms with Crippen LogP contribution >= 0.6 is 0 Å². The number of nitrogens with zero attached hydrogens (tertiary/aromatic N) is 2. The number of hydrogen-bond donors (Lipinski definition) is 0. The molecule has 9 aromatic carbocycles. The van der Waals surface area contributed by atoms with Gasteiger partial charge in [-0.2, -0.15) is 0 Å². The lowest BCUT2D eigenvalue weighted by molar-refractivity contribution is 0.669. The number of aliphatic imine (C=N–C) groups is 1. The largest absolute Gasteiger partial charge is 0.456 e. The quantitative estimate of drug-likeness (QED) is 0.106. The third-order valence-electron chi connectivity index (χ3n) is 12.1. The van der Waals surface area contributed by atoms with E-state index in [2.05, 4.69) is 206 Å². The number of rotatable bonds is 9. The smallest absolute Gasteiger partial charge is 0.136 e. The maximum atomic E-state index is 6.52. The Morgan fingerprint density at radius 2 is 1.05 bits per heavy atom. The van der Waals surface area contributed by atoms with E-state index >= 15 is 0 Å². The van der Waals surface area contributed by atoms with E-state index in [9.17, 15) is 0 Å². The minimum atomic E-state index is 0.859. The lowest BCUT2D eigenvalue weighted by Crippen LogP contribution is -1.95. The minimum absolute atomic E-state index is 0.859. The molecule has 2 heterocycles. The predicted molar refractivity (Wildman–Crippen MR) is 266 cm³/mol. The Bertz CT molecular complexity index is 3570. The number of furan rings is 1. The molecule has 2 aromatic heterocycles. The fourth-order valence-electron chi connectivity index (χ4n) is 8.98. The van der Waals surface area contributed by atoms with Gasteiger partial charge in [-0.05, 0) is 124 Å². The van der Waals surface area contributed by atoms with E-state index < -0.39 is 0 Å². The maximum Gasteiger partial charge on any atom is 0.136 e. The summed E-state index contributed by atoms with van der Waals surface area (Å²) in [5.74, 6) is 0. The van der Waals surface area contributed by atoms with E-state index in [1.165, 1.54) is 32.9 Å². The van der Waals surface area contributed by atoms with Crippen molar-refractivity contribution < 1.29 is 4.42 Å². The third-order valence-corrected chi connectivity index (χ3v) is 12.1. The van der Waals surface area contributed by atoms with Gasteiger partial charge in [0.1, 0.15) is 11.2 Å². The summed E-state index contributed by atoms with van der Waals surface area (Å²) in [7, 11) is 0. The molecule has 0 N–H and O–H groups in total. The van der Waals surface area contributed by atoms with Crippen LogP contribution in [0.4, 0.5) is 0 Å². The first-order chi connectivity index (χ1) is 31.1. The molecule has 3 heteroatoms. The summed E-state index contributed by atoms with van der Waals surface area (Å²) >= 11 is 0. The Balaban J connectivity index is 0.956. The molecule has 0 spiro atoms. The highest BCUT2D eigenvalue weighted by Crippen LogP contribution is 2.40. The van der Waals surface area contributed by atoms with Gasteiger partial charge in [0, 0.05) is 38.5 Å². The Morgan fingerprint density at radius 3 is 1.83 bits per heavy atom. The first-order valence-corrected chi connectivity index (χ1v) is 21.4. The van der Waals surface area contributed by atoms with Gasteiger partial charge in [0.2, 0.25) is 0 Å². The van der Waals surface area contributed by atoms with Gasteiger partial charge in [-0.15, -0.1) is 0 Å². The molecule has 0 bridgehead atoms. The molecule has 0 saturated heterocycles. The molecular formula is C60H42N2O. The molecule has 11 aromatic rings. The molecule has 0 amide bonds. The zero-order valence-electron chi connectivity index (χ0n) is 34.9. The lowest BCUT2D eigenvalue weighted by Gasteiger charge is -2.10. The van der Waals surface area contributed by atoms with Crippen LogP contribution < -0.4 is 0 Å². The number of fused-ring (bicyclic) bond motifs is 6. The van der Waals surface area contributed by atoms with Crippen molar-refractivity contribution in [3.8, 4) is 39.1 Å². The van der Waals surface area contributed by atoms with Gasteiger partial charge in [-0.3, -0.25) is 4.99 Å². The van der Waals surface area contributed by atoms with Crippen LogP contribution in [0.15, 0.2) is 240 Å². The van der Waals surface area contributed by atoms with Crippen LogP contribution in [0, 0.1) is 0 Å².